The molecule has 1 atom stereocenters. The highest BCUT2D eigenvalue weighted by Gasteiger charge is 2.44. The number of unbranched alkanes of at least 4 members (excludes halogenated alkanes) is 2. The molecule has 1 aromatic carbocycles. The van der Waals surface area contributed by atoms with Gasteiger partial charge < -0.3 is 19.3 Å². The van der Waals surface area contributed by atoms with Gasteiger partial charge in [0.15, 0.2) is 0 Å². The highest BCUT2D eigenvalue weighted by atomic mass is 79.9. The van der Waals surface area contributed by atoms with Crippen LogP contribution in [0.4, 0.5) is 5.82 Å². The summed E-state index contributed by atoms with van der Waals surface area (Å²) in [6, 6.07) is 7.84. The largest absolute Gasteiger partial charge is 0.494 e. The standard InChI is InChI=1S/C32H35BrN6O6/c33-21-14-20(16-34)29(35-17-21)38-18-24(19-38)45-22-8-11-37(12-9-22)10-2-1-3-13-44-23-4-5-25-26(15-23)32(43)39(31(25)42)27-6-7-28(40)36-30(27)41/h4-5,14-15,17,22,24,27H,1-3,6-13,18-19H2,(H,36,40,41). The second-order valence-electron chi connectivity index (χ2n) is 11.9. The predicted molar refractivity (Wildman–Crippen MR) is 166 cm³/mol. The molecule has 13 heteroatoms. The third-order valence-corrected chi connectivity index (χ3v) is 9.25. The van der Waals surface area contributed by atoms with E-state index >= 15 is 0 Å². The van der Waals surface area contributed by atoms with Crippen LogP contribution in [-0.4, -0.2) is 96.0 Å². The van der Waals surface area contributed by atoms with Crippen LogP contribution in [0.2, 0.25) is 0 Å². The van der Waals surface area contributed by atoms with Gasteiger partial charge in [-0.1, -0.05) is 0 Å². The molecule has 6 rings (SSSR count). The lowest BCUT2D eigenvalue weighted by atomic mass is 10.0. The Kier molecular flexibility index (Phi) is 9.44. The van der Waals surface area contributed by atoms with Crippen LogP contribution >= 0.6 is 15.9 Å². The molecule has 2 aromatic rings. The third-order valence-electron chi connectivity index (χ3n) is 8.82. The zero-order chi connectivity index (χ0) is 31.5. The molecule has 3 fully saturated rings. The zero-order valence-electron chi connectivity index (χ0n) is 24.9. The van der Waals surface area contributed by atoms with E-state index in [0.29, 0.717) is 17.9 Å². The maximum atomic E-state index is 13.0. The summed E-state index contributed by atoms with van der Waals surface area (Å²) in [5.74, 6) is -0.851. The molecule has 45 heavy (non-hydrogen) atoms. The number of benzene rings is 1. The molecule has 5 heterocycles. The van der Waals surface area contributed by atoms with Crippen molar-refractivity contribution in [3.8, 4) is 11.8 Å². The first-order valence-electron chi connectivity index (χ1n) is 15.5. The first-order chi connectivity index (χ1) is 21.8. The van der Waals surface area contributed by atoms with Crippen molar-refractivity contribution in [3.05, 3.63) is 51.6 Å². The van der Waals surface area contributed by atoms with Crippen LogP contribution in [0, 0.1) is 11.3 Å². The van der Waals surface area contributed by atoms with Gasteiger partial charge in [-0.2, -0.15) is 5.26 Å². The summed E-state index contributed by atoms with van der Waals surface area (Å²) in [6.07, 6.45) is 7.33. The molecule has 3 saturated heterocycles. The number of fused-ring (bicyclic) bond motifs is 1. The predicted octanol–water partition coefficient (Wildman–Crippen LogP) is 3.04. The van der Waals surface area contributed by atoms with Gasteiger partial charge in [0.2, 0.25) is 11.8 Å². The number of anilines is 1. The molecule has 4 amide bonds. The Morgan fingerprint density at radius 3 is 2.51 bits per heavy atom. The van der Waals surface area contributed by atoms with E-state index in [-0.39, 0.29) is 36.2 Å². The minimum absolute atomic E-state index is 0.0864. The lowest BCUT2D eigenvalue weighted by Gasteiger charge is -2.43. The average Bonchev–Trinajstić information content (AvgIpc) is 3.26. The van der Waals surface area contributed by atoms with Crippen LogP contribution in [0.1, 0.15) is 71.2 Å². The molecule has 4 aliphatic heterocycles. The molecule has 236 valence electrons. The van der Waals surface area contributed by atoms with Crippen molar-refractivity contribution in [2.75, 3.05) is 44.2 Å². The van der Waals surface area contributed by atoms with Crippen molar-refractivity contribution in [3.63, 3.8) is 0 Å². The van der Waals surface area contributed by atoms with Crippen molar-refractivity contribution >= 4 is 45.4 Å². The van der Waals surface area contributed by atoms with E-state index < -0.39 is 29.7 Å². The molecule has 4 aliphatic rings. The average molecular weight is 680 g/mol. The van der Waals surface area contributed by atoms with Gasteiger partial charge >= 0.3 is 0 Å². The minimum Gasteiger partial charge on any atom is -0.494 e. The smallest absolute Gasteiger partial charge is 0.262 e. The van der Waals surface area contributed by atoms with Crippen molar-refractivity contribution in [1.29, 1.82) is 5.26 Å². The highest BCUT2D eigenvalue weighted by molar-refractivity contribution is 9.10. The number of hydrogen-bond donors (Lipinski definition) is 1. The Balaban J connectivity index is 0.856. The molecule has 1 unspecified atom stereocenters. The first-order valence-corrected chi connectivity index (χ1v) is 16.3. The number of hydrogen-bond acceptors (Lipinski definition) is 10. The fraction of sp³-hybridized carbons (Fsp3) is 0.500. The fourth-order valence-corrected chi connectivity index (χ4v) is 6.68. The Hall–Kier alpha value is -3.86. The number of imide groups is 2. The molecule has 12 nitrogen and oxygen atoms in total. The molecule has 0 radical (unpaired) electrons. The van der Waals surface area contributed by atoms with Crippen molar-refractivity contribution in [1.82, 2.24) is 20.1 Å². The minimum atomic E-state index is -0.980. The maximum Gasteiger partial charge on any atom is 0.262 e. The SMILES string of the molecule is N#Cc1cc(Br)cnc1N1CC(OC2CCN(CCCCCOc3ccc4c(c3)C(=O)N(C3CCC(=O)NC3=O)C4=O)CC2)C1. The van der Waals surface area contributed by atoms with Gasteiger partial charge in [0.25, 0.3) is 11.8 Å². The monoisotopic (exact) mass is 678 g/mol. The van der Waals surface area contributed by atoms with Crippen molar-refractivity contribution < 1.29 is 28.7 Å². The number of aromatic nitrogens is 1. The summed E-state index contributed by atoms with van der Waals surface area (Å²) < 4.78 is 13.0. The number of nitrogens with zero attached hydrogens (tertiary/aromatic N) is 5. The van der Waals surface area contributed by atoms with Gasteiger partial charge in [0.1, 0.15) is 23.7 Å². The number of rotatable bonds is 11. The maximum absolute atomic E-state index is 13.0. The van der Waals surface area contributed by atoms with E-state index in [4.69, 9.17) is 9.47 Å². The molecule has 0 spiro atoms. The fourth-order valence-electron chi connectivity index (χ4n) is 6.35. The second-order valence-corrected chi connectivity index (χ2v) is 12.8. The van der Waals surface area contributed by atoms with Crippen LogP contribution in [0.3, 0.4) is 0 Å². The molecule has 1 aromatic heterocycles. The molecular formula is C32H35BrN6O6. The lowest BCUT2D eigenvalue weighted by Crippen LogP contribution is -2.55. The Morgan fingerprint density at radius 1 is 0.978 bits per heavy atom. The van der Waals surface area contributed by atoms with Gasteiger partial charge in [0, 0.05) is 43.3 Å². The number of ether oxygens (including phenoxy) is 2. The third kappa shape index (κ3) is 6.88. The van der Waals surface area contributed by atoms with Crippen LogP contribution in [0.25, 0.3) is 0 Å². The Labute approximate surface area is 269 Å². The molecule has 0 aliphatic carbocycles. The van der Waals surface area contributed by atoms with Crippen LogP contribution < -0.4 is 15.0 Å². The number of pyridine rings is 1. The Bertz CT molecular complexity index is 1530. The summed E-state index contributed by atoms with van der Waals surface area (Å²) in [5.41, 5.74) is 1.03. The number of amides is 4. The van der Waals surface area contributed by atoms with Crippen molar-refractivity contribution in [2.45, 2.75) is 63.2 Å². The van der Waals surface area contributed by atoms with Crippen molar-refractivity contribution in [2.24, 2.45) is 0 Å². The van der Waals surface area contributed by atoms with Crippen LogP contribution in [0.5, 0.6) is 5.75 Å². The van der Waals surface area contributed by atoms with Gasteiger partial charge in [0.05, 0.1) is 35.5 Å². The van der Waals surface area contributed by atoms with E-state index in [0.717, 1.165) is 80.0 Å². The van der Waals surface area contributed by atoms with E-state index in [2.05, 4.69) is 42.1 Å². The summed E-state index contributed by atoms with van der Waals surface area (Å²) in [5, 5.41) is 11.6. The number of nitriles is 1. The quantitative estimate of drug-likeness (QED) is 0.278. The first kappa shape index (κ1) is 31.1. The van der Waals surface area contributed by atoms with Gasteiger partial charge in [-0.15, -0.1) is 0 Å². The molecule has 0 saturated carbocycles. The summed E-state index contributed by atoms with van der Waals surface area (Å²) in [6.45, 7) is 5.07. The summed E-state index contributed by atoms with van der Waals surface area (Å²) in [4.78, 5) is 59.5. The van der Waals surface area contributed by atoms with E-state index in [1.807, 2.05) is 0 Å². The van der Waals surface area contributed by atoms with E-state index in [1.165, 1.54) is 0 Å². The summed E-state index contributed by atoms with van der Waals surface area (Å²) >= 11 is 3.37. The lowest BCUT2D eigenvalue weighted by molar-refractivity contribution is -0.136. The number of likely N-dealkylation sites (tertiary alicyclic amines) is 1. The molecule has 0 bridgehead atoms. The second kappa shape index (κ2) is 13.6. The topological polar surface area (TPSA) is 145 Å². The van der Waals surface area contributed by atoms with Gasteiger partial charge in [-0.25, -0.2) is 4.98 Å². The number of nitrogens with one attached hydrogen (secondary N) is 1. The number of carbonyl (C=O) groups is 4. The summed E-state index contributed by atoms with van der Waals surface area (Å²) in [7, 11) is 0. The number of piperidine rings is 2. The van der Waals surface area contributed by atoms with Crippen LogP contribution in [0.15, 0.2) is 34.9 Å². The Morgan fingerprint density at radius 2 is 1.76 bits per heavy atom. The van der Waals surface area contributed by atoms with Gasteiger partial charge in [-0.05, 0) is 85.3 Å². The number of carbonyl (C=O) groups excluding carboxylic acids is 4. The molecule has 1 N–H and O–H groups in total. The number of halogens is 1. The zero-order valence-corrected chi connectivity index (χ0v) is 26.5. The van der Waals surface area contributed by atoms with Gasteiger partial charge in [-0.3, -0.25) is 29.4 Å². The van der Waals surface area contributed by atoms with E-state index in [1.54, 1.807) is 30.5 Å². The highest BCUT2D eigenvalue weighted by Crippen LogP contribution is 2.31. The van der Waals surface area contributed by atoms with Crippen LogP contribution in [-0.2, 0) is 14.3 Å². The molecular weight excluding hydrogens is 644 g/mol. The normalized spacial score (nSPS) is 21.0. The van der Waals surface area contributed by atoms with E-state index in [9.17, 15) is 24.4 Å².